The van der Waals surface area contributed by atoms with Crippen molar-refractivity contribution in [2.75, 3.05) is 6.61 Å². The Morgan fingerprint density at radius 2 is 1.46 bits per heavy atom. The number of benzene rings is 1. The van der Waals surface area contributed by atoms with Crippen molar-refractivity contribution in [2.45, 2.75) is 90.9 Å². The van der Waals surface area contributed by atoms with Crippen LogP contribution >= 0.6 is 0 Å². The Bertz CT molecular complexity index is 632. The van der Waals surface area contributed by atoms with Gasteiger partial charge in [-0.15, -0.1) is 0 Å². The lowest BCUT2D eigenvalue weighted by atomic mass is 9.96. The van der Waals surface area contributed by atoms with Crippen LogP contribution in [0.2, 0.25) is 0 Å². The van der Waals surface area contributed by atoms with Crippen molar-refractivity contribution in [1.82, 2.24) is 4.98 Å². The zero-order valence-electron chi connectivity index (χ0n) is 18.3. The summed E-state index contributed by atoms with van der Waals surface area (Å²) in [6.45, 7) is 7.48. The summed E-state index contributed by atoms with van der Waals surface area (Å²) in [5.41, 5.74) is 3.79. The van der Waals surface area contributed by atoms with Gasteiger partial charge in [-0.1, -0.05) is 83.9 Å². The van der Waals surface area contributed by atoms with E-state index in [1.54, 1.807) is 0 Å². The molecular weight excluding hydrogens is 342 g/mol. The standard InChI is InChI=1S/C26H39NO/c1-4-6-8-9-10-11-12-13-23-14-19-26(27-21-23)22(3)24-15-17-25(18-16-24)28-20-7-5-2/h14-19,21-22H,4-13,20H2,1-3H3. The summed E-state index contributed by atoms with van der Waals surface area (Å²) in [5, 5.41) is 0. The molecule has 28 heavy (non-hydrogen) atoms. The van der Waals surface area contributed by atoms with Crippen molar-refractivity contribution in [3.05, 3.63) is 59.4 Å². The van der Waals surface area contributed by atoms with E-state index in [2.05, 4.69) is 63.4 Å². The van der Waals surface area contributed by atoms with Crippen molar-refractivity contribution in [3.8, 4) is 5.75 Å². The molecule has 0 saturated carbocycles. The maximum Gasteiger partial charge on any atom is 0.119 e. The first-order valence-corrected chi connectivity index (χ1v) is 11.4. The van der Waals surface area contributed by atoms with E-state index in [9.17, 15) is 0 Å². The molecule has 2 heteroatoms. The maximum absolute atomic E-state index is 5.76. The highest BCUT2D eigenvalue weighted by Crippen LogP contribution is 2.25. The van der Waals surface area contributed by atoms with Crippen molar-refractivity contribution in [3.63, 3.8) is 0 Å². The van der Waals surface area contributed by atoms with Crippen LogP contribution in [0.4, 0.5) is 0 Å². The summed E-state index contributed by atoms with van der Waals surface area (Å²) in [7, 11) is 0. The van der Waals surface area contributed by atoms with Crippen LogP contribution in [0.25, 0.3) is 0 Å². The normalized spacial score (nSPS) is 12.1. The number of hydrogen-bond donors (Lipinski definition) is 0. The topological polar surface area (TPSA) is 22.1 Å². The van der Waals surface area contributed by atoms with Gasteiger partial charge < -0.3 is 4.74 Å². The Kier molecular flexibility index (Phi) is 10.7. The van der Waals surface area contributed by atoms with E-state index >= 15 is 0 Å². The molecule has 0 radical (unpaired) electrons. The molecule has 1 unspecified atom stereocenters. The predicted octanol–water partition coefficient (Wildman–Crippen LogP) is 7.71. The van der Waals surface area contributed by atoms with Crippen LogP contribution in [0, 0.1) is 0 Å². The maximum atomic E-state index is 5.76. The number of ether oxygens (including phenoxy) is 1. The largest absolute Gasteiger partial charge is 0.494 e. The van der Waals surface area contributed by atoms with Gasteiger partial charge >= 0.3 is 0 Å². The van der Waals surface area contributed by atoms with Crippen molar-refractivity contribution in [1.29, 1.82) is 0 Å². The molecule has 1 heterocycles. The summed E-state index contributed by atoms with van der Waals surface area (Å²) in [4.78, 5) is 4.75. The molecular formula is C26H39NO. The highest BCUT2D eigenvalue weighted by Gasteiger charge is 2.10. The fraction of sp³-hybridized carbons (Fsp3) is 0.577. The van der Waals surface area contributed by atoms with E-state index in [0.29, 0.717) is 5.92 Å². The Balaban J connectivity index is 1.77. The zero-order valence-corrected chi connectivity index (χ0v) is 18.3. The fourth-order valence-electron chi connectivity index (χ4n) is 3.48. The van der Waals surface area contributed by atoms with Gasteiger partial charge in [-0.05, 0) is 48.6 Å². The molecule has 1 aromatic heterocycles. The Hall–Kier alpha value is -1.83. The highest BCUT2D eigenvalue weighted by molar-refractivity contribution is 5.33. The van der Waals surface area contributed by atoms with Crippen molar-refractivity contribution >= 4 is 0 Å². The Morgan fingerprint density at radius 3 is 2.11 bits per heavy atom. The van der Waals surface area contributed by atoms with Gasteiger partial charge in [-0.2, -0.15) is 0 Å². The van der Waals surface area contributed by atoms with Crippen molar-refractivity contribution < 1.29 is 4.74 Å². The summed E-state index contributed by atoms with van der Waals surface area (Å²) in [6, 6.07) is 13.0. The third kappa shape index (κ3) is 8.04. The van der Waals surface area contributed by atoms with Gasteiger partial charge in [0, 0.05) is 17.8 Å². The first-order valence-electron chi connectivity index (χ1n) is 11.4. The SMILES string of the molecule is CCCCCCCCCc1ccc(C(C)c2ccc(OCCCC)cc2)nc1. The van der Waals surface area contributed by atoms with Crippen LogP contribution < -0.4 is 4.74 Å². The molecule has 1 atom stereocenters. The molecule has 0 bridgehead atoms. The Morgan fingerprint density at radius 1 is 0.786 bits per heavy atom. The number of aromatic nitrogens is 1. The third-order valence-corrected chi connectivity index (χ3v) is 5.51. The molecule has 0 N–H and O–H groups in total. The van der Waals surface area contributed by atoms with Crippen LogP contribution in [0.5, 0.6) is 5.75 Å². The molecule has 0 fully saturated rings. The summed E-state index contributed by atoms with van der Waals surface area (Å²) < 4.78 is 5.76. The minimum Gasteiger partial charge on any atom is -0.494 e. The average molecular weight is 382 g/mol. The van der Waals surface area contributed by atoms with Crippen LogP contribution in [0.3, 0.4) is 0 Å². The van der Waals surface area contributed by atoms with Gasteiger partial charge in [0.05, 0.1) is 6.61 Å². The lowest BCUT2D eigenvalue weighted by Gasteiger charge is -2.13. The molecule has 0 aliphatic carbocycles. The van der Waals surface area contributed by atoms with Gasteiger partial charge in [0.25, 0.3) is 0 Å². The number of aryl methyl sites for hydroxylation is 1. The molecule has 0 amide bonds. The van der Waals surface area contributed by atoms with Gasteiger partial charge in [-0.3, -0.25) is 4.98 Å². The van der Waals surface area contributed by atoms with Gasteiger partial charge in [0.15, 0.2) is 0 Å². The molecule has 0 spiro atoms. The second-order valence-electron chi connectivity index (χ2n) is 7.96. The second-order valence-corrected chi connectivity index (χ2v) is 7.96. The molecule has 154 valence electrons. The second kappa shape index (κ2) is 13.4. The van der Waals surface area contributed by atoms with Gasteiger partial charge in [-0.25, -0.2) is 0 Å². The van der Waals surface area contributed by atoms with E-state index in [0.717, 1.165) is 37.3 Å². The van der Waals surface area contributed by atoms with E-state index < -0.39 is 0 Å². The van der Waals surface area contributed by atoms with Gasteiger partial charge in [0.2, 0.25) is 0 Å². The molecule has 0 aliphatic heterocycles. The fourth-order valence-corrected chi connectivity index (χ4v) is 3.48. The molecule has 0 aliphatic rings. The lowest BCUT2D eigenvalue weighted by molar-refractivity contribution is 0.309. The molecule has 2 nitrogen and oxygen atoms in total. The lowest BCUT2D eigenvalue weighted by Crippen LogP contribution is -2.01. The number of nitrogens with zero attached hydrogens (tertiary/aromatic N) is 1. The molecule has 1 aromatic carbocycles. The average Bonchev–Trinajstić information content (AvgIpc) is 2.74. The molecule has 2 aromatic rings. The highest BCUT2D eigenvalue weighted by atomic mass is 16.5. The minimum atomic E-state index is 0.303. The first kappa shape index (κ1) is 22.5. The molecule has 2 rings (SSSR count). The van der Waals surface area contributed by atoms with Crippen molar-refractivity contribution in [2.24, 2.45) is 0 Å². The van der Waals surface area contributed by atoms with Crippen LogP contribution in [0.15, 0.2) is 42.6 Å². The van der Waals surface area contributed by atoms with E-state index in [1.165, 1.54) is 56.1 Å². The first-order chi connectivity index (χ1) is 13.7. The van der Waals surface area contributed by atoms with Crippen LogP contribution in [-0.2, 0) is 6.42 Å². The number of hydrogen-bond acceptors (Lipinski definition) is 2. The van der Waals surface area contributed by atoms with Crippen LogP contribution in [0.1, 0.15) is 101 Å². The predicted molar refractivity (Wildman–Crippen MR) is 120 cm³/mol. The van der Waals surface area contributed by atoms with E-state index in [4.69, 9.17) is 9.72 Å². The third-order valence-electron chi connectivity index (χ3n) is 5.51. The smallest absolute Gasteiger partial charge is 0.119 e. The number of unbranched alkanes of at least 4 members (excludes halogenated alkanes) is 7. The summed E-state index contributed by atoms with van der Waals surface area (Å²) >= 11 is 0. The summed E-state index contributed by atoms with van der Waals surface area (Å²) in [6.07, 6.45) is 15.0. The van der Waals surface area contributed by atoms with Gasteiger partial charge in [0.1, 0.15) is 5.75 Å². The van der Waals surface area contributed by atoms with Crippen LogP contribution in [-0.4, -0.2) is 11.6 Å². The van der Waals surface area contributed by atoms with E-state index in [1.807, 2.05) is 0 Å². The number of pyridine rings is 1. The van der Waals surface area contributed by atoms with E-state index in [-0.39, 0.29) is 0 Å². The molecule has 0 saturated heterocycles. The summed E-state index contributed by atoms with van der Waals surface area (Å²) in [5.74, 6) is 1.26. The minimum absolute atomic E-state index is 0.303. The Labute approximate surface area is 172 Å². The zero-order chi connectivity index (χ0) is 20.0. The number of rotatable bonds is 14. The quantitative estimate of drug-likeness (QED) is 0.313. The monoisotopic (exact) mass is 381 g/mol.